The van der Waals surface area contributed by atoms with Crippen LogP contribution in [0.15, 0.2) is 52.4 Å². The Labute approximate surface area is 126 Å². The molecule has 0 atom stereocenters. The number of amides is 1. The number of carbonyl (C=O) groups is 1. The van der Waals surface area contributed by atoms with Crippen molar-refractivity contribution in [2.24, 2.45) is 0 Å². The molecule has 1 N–H and O–H groups in total. The third-order valence-corrected chi connectivity index (χ3v) is 4.03. The van der Waals surface area contributed by atoms with Crippen LogP contribution in [0.3, 0.4) is 0 Å². The molecule has 3 rings (SSSR count). The zero-order valence-electron chi connectivity index (χ0n) is 11.5. The van der Waals surface area contributed by atoms with Gasteiger partial charge in [-0.25, -0.2) is 0 Å². The summed E-state index contributed by atoms with van der Waals surface area (Å²) in [7, 11) is 0. The number of benzene rings is 1. The van der Waals surface area contributed by atoms with Crippen molar-refractivity contribution < 1.29 is 9.32 Å². The Morgan fingerprint density at radius 3 is 2.90 bits per heavy atom. The van der Waals surface area contributed by atoms with Crippen LogP contribution in [0.5, 0.6) is 0 Å². The van der Waals surface area contributed by atoms with E-state index in [-0.39, 0.29) is 5.91 Å². The molecule has 2 aromatic heterocycles. The average Bonchev–Trinajstić information content (AvgIpc) is 3.16. The summed E-state index contributed by atoms with van der Waals surface area (Å²) in [6.07, 6.45) is 0. The van der Waals surface area contributed by atoms with E-state index in [0.717, 1.165) is 16.2 Å². The number of nitrogens with zero attached hydrogens (tertiary/aromatic N) is 1. The van der Waals surface area contributed by atoms with Gasteiger partial charge in [-0.1, -0.05) is 29.4 Å². The van der Waals surface area contributed by atoms with E-state index in [0.29, 0.717) is 17.8 Å². The summed E-state index contributed by atoms with van der Waals surface area (Å²) in [6, 6.07) is 13.3. The first kappa shape index (κ1) is 13.6. The van der Waals surface area contributed by atoms with Crippen LogP contribution in [-0.2, 0) is 6.54 Å². The number of aromatic nitrogens is 1. The van der Waals surface area contributed by atoms with E-state index in [2.05, 4.69) is 10.5 Å². The van der Waals surface area contributed by atoms with Crippen LogP contribution >= 0.6 is 11.3 Å². The molecule has 0 radical (unpaired) electrons. The highest BCUT2D eigenvalue weighted by molar-refractivity contribution is 7.13. The van der Waals surface area contributed by atoms with Crippen molar-refractivity contribution in [2.45, 2.75) is 13.5 Å². The molecule has 0 saturated heterocycles. The van der Waals surface area contributed by atoms with Gasteiger partial charge in [0.15, 0.2) is 5.76 Å². The van der Waals surface area contributed by atoms with Crippen LogP contribution in [0.2, 0.25) is 0 Å². The highest BCUT2D eigenvalue weighted by Gasteiger charge is 2.11. The molecular formula is C16H14N2O2S. The lowest BCUT2D eigenvalue weighted by Crippen LogP contribution is -2.23. The van der Waals surface area contributed by atoms with Crippen molar-refractivity contribution >= 4 is 17.2 Å². The molecule has 0 unspecified atom stereocenters. The van der Waals surface area contributed by atoms with Gasteiger partial charge in [0.1, 0.15) is 5.69 Å². The molecule has 5 heteroatoms. The van der Waals surface area contributed by atoms with E-state index in [1.165, 1.54) is 0 Å². The topological polar surface area (TPSA) is 55.1 Å². The minimum Gasteiger partial charge on any atom is -0.355 e. The summed E-state index contributed by atoms with van der Waals surface area (Å²) in [4.78, 5) is 13.1. The van der Waals surface area contributed by atoms with Gasteiger partial charge in [-0.2, -0.15) is 0 Å². The molecule has 1 amide bonds. The molecular weight excluding hydrogens is 284 g/mol. The van der Waals surface area contributed by atoms with Gasteiger partial charge in [0.25, 0.3) is 5.91 Å². The van der Waals surface area contributed by atoms with Crippen LogP contribution in [0.1, 0.15) is 21.6 Å². The highest BCUT2D eigenvalue weighted by atomic mass is 32.1. The van der Waals surface area contributed by atoms with Crippen molar-refractivity contribution in [2.75, 3.05) is 0 Å². The van der Waals surface area contributed by atoms with E-state index < -0.39 is 0 Å². The molecule has 0 spiro atoms. The maximum Gasteiger partial charge on any atom is 0.251 e. The van der Waals surface area contributed by atoms with E-state index >= 15 is 0 Å². The van der Waals surface area contributed by atoms with Gasteiger partial charge in [-0.05, 0) is 30.0 Å². The number of hydrogen-bond acceptors (Lipinski definition) is 4. The van der Waals surface area contributed by atoms with E-state index in [4.69, 9.17) is 4.52 Å². The number of nitrogens with one attached hydrogen (secondary N) is 1. The van der Waals surface area contributed by atoms with Gasteiger partial charge in [0.2, 0.25) is 0 Å². The number of aryl methyl sites for hydroxylation is 1. The predicted octanol–water partition coefficient (Wildman–Crippen LogP) is 3.64. The normalized spacial score (nSPS) is 10.5. The lowest BCUT2D eigenvalue weighted by atomic mass is 10.1. The summed E-state index contributed by atoms with van der Waals surface area (Å²) in [5.41, 5.74) is 2.34. The van der Waals surface area contributed by atoms with Gasteiger partial charge in [-0.3, -0.25) is 4.79 Å². The van der Waals surface area contributed by atoms with Gasteiger partial charge in [-0.15, -0.1) is 11.3 Å². The third-order valence-electron chi connectivity index (χ3n) is 3.14. The first-order valence-corrected chi connectivity index (χ1v) is 7.45. The lowest BCUT2D eigenvalue weighted by molar-refractivity contribution is 0.0949. The Balaban J connectivity index is 1.66. The van der Waals surface area contributed by atoms with Crippen LogP contribution in [0.25, 0.3) is 10.6 Å². The second kappa shape index (κ2) is 5.93. The standard InChI is InChI=1S/C16H14N2O2S/c1-11-5-2-3-6-13(11)16(19)17-10-12-9-14(20-18-12)15-7-4-8-21-15/h2-9H,10H2,1H3,(H,17,19). The minimum atomic E-state index is -0.103. The SMILES string of the molecule is Cc1ccccc1C(=O)NCc1cc(-c2cccs2)on1. The fourth-order valence-electron chi connectivity index (χ4n) is 2.02. The Morgan fingerprint density at radius 1 is 1.29 bits per heavy atom. The van der Waals surface area contributed by atoms with Gasteiger partial charge in [0, 0.05) is 11.6 Å². The molecule has 21 heavy (non-hydrogen) atoms. The summed E-state index contributed by atoms with van der Waals surface area (Å²) in [5.74, 6) is 0.624. The van der Waals surface area contributed by atoms with E-state index in [9.17, 15) is 4.79 Å². The van der Waals surface area contributed by atoms with Crippen molar-refractivity contribution in [3.63, 3.8) is 0 Å². The largest absolute Gasteiger partial charge is 0.355 e. The zero-order chi connectivity index (χ0) is 14.7. The minimum absolute atomic E-state index is 0.103. The van der Waals surface area contributed by atoms with E-state index in [1.54, 1.807) is 11.3 Å². The van der Waals surface area contributed by atoms with Crippen LogP contribution < -0.4 is 5.32 Å². The van der Waals surface area contributed by atoms with Gasteiger partial charge in [0.05, 0.1) is 11.4 Å². The quantitative estimate of drug-likeness (QED) is 0.800. The molecule has 2 heterocycles. The molecule has 0 aliphatic carbocycles. The molecule has 0 aliphatic rings. The van der Waals surface area contributed by atoms with Gasteiger partial charge >= 0.3 is 0 Å². The van der Waals surface area contributed by atoms with Crippen molar-refractivity contribution in [3.05, 3.63) is 64.7 Å². The van der Waals surface area contributed by atoms with E-state index in [1.807, 2.05) is 54.8 Å². The maximum absolute atomic E-state index is 12.1. The second-order valence-electron chi connectivity index (χ2n) is 4.66. The second-order valence-corrected chi connectivity index (χ2v) is 5.61. The van der Waals surface area contributed by atoms with Crippen molar-refractivity contribution in [1.82, 2.24) is 10.5 Å². The summed E-state index contributed by atoms with van der Waals surface area (Å²) >= 11 is 1.59. The molecule has 4 nitrogen and oxygen atoms in total. The summed E-state index contributed by atoms with van der Waals surface area (Å²) in [6.45, 7) is 2.27. The number of thiophene rings is 1. The first-order chi connectivity index (χ1) is 10.2. The lowest BCUT2D eigenvalue weighted by Gasteiger charge is -2.05. The Kier molecular flexibility index (Phi) is 3.83. The number of hydrogen-bond donors (Lipinski definition) is 1. The van der Waals surface area contributed by atoms with Crippen molar-refractivity contribution in [1.29, 1.82) is 0 Å². The molecule has 3 aromatic rings. The number of rotatable bonds is 4. The Bertz CT molecular complexity index is 747. The zero-order valence-corrected chi connectivity index (χ0v) is 12.3. The van der Waals surface area contributed by atoms with Crippen molar-refractivity contribution in [3.8, 4) is 10.6 Å². The number of carbonyl (C=O) groups excluding carboxylic acids is 1. The smallest absolute Gasteiger partial charge is 0.251 e. The monoisotopic (exact) mass is 298 g/mol. The molecule has 1 aromatic carbocycles. The average molecular weight is 298 g/mol. The van der Waals surface area contributed by atoms with Crippen LogP contribution in [-0.4, -0.2) is 11.1 Å². The molecule has 0 fully saturated rings. The van der Waals surface area contributed by atoms with Gasteiger partial charge < -0.3 is 9.84 Å². The Morgan fingerprint density at radius 2 is 2.14 bits per heavy atom. The van der Waals surface area contributed by atoms with Crippen LogP contribution in [0.4, 0.5) is 0 Å². The maximum atomic E-state index is 12.1. The molecule has 0 bridgehead atoms. The third kappa shape index (κ3) is 3.03. The summed E-state index contributed by atoms with van der Waals surface area (Å²) in [5, 5.41) is 8.82. The highest BCUT2D eigenvalue weighted by Crippen LogP contribution is 2.25. The summed E-state index contributed by atoms with van der Waals surface area (Å²) < 4.78 is 5.28. The molecule has 0 aliphatic heterocycles. The molecule has 0 saturated carbocycles. The fraction of sp³-hybridized carbons (Fsp3) is 0.125. The van der Waals surface area contributed by atoms with Crippen LogP contribution in [0, 0.1) is 6.92 Å². The predicted molar refractivity (Wildman–Crippen MR) is 82.2 cm³/mol. The molecule has 106 valence electrons. The Hall–Kier alpha value is -2.40. The first-order valence-electron chi connectivity index (χ1n) is 6.57. The fourth-order valence-corrected chi connectivity index (χ4v) is 2.70.